The Kier molecular flexibility index (Phi) is 13.3. The third-order valence-electron chi connectivity index (χ3n) is 16.7. The van der Waals surface area contributed by atoms with Gasteiger partial charge >= 0.3 is 0 Å². The molecule has 0 aromatic heterocycles. The van der Waals surface area contributed by atoms with Crippen molar-refractivity contribution in [3.05, 3.63) is 240 Å². The molecule has 10 aromatic carbocycles. The highest BCUT2D eigenvalue weighted by atomic mass is 14.5. The van der Waals surface area contributed by atoms with Crippen molar-refractivity contribution in [2.45, 2.75) is 109 Å². The number of hydrogen-bond acceptors (Lipinski definition) is 0. The maximum absolute atomic E-state index is 2.56. The summed E-state index contributed by atoms with van der Waals surface area (Å²) >= 11 is 0. The Morgan fingerprint density at radius 3 is 1.34 bits per heavy atom. The largest absolute Gasteiger partial charge is 0.0713 e. The lowest BCUT2D eigenvalue weighted by Gasteiger charge is -2.34. The van der Waals surface area contributed by atoms with E-state index in [-0.39, 0.29) is 0 Å². The van der Waals surface area contributed by atoms with Gasteiger partial charge in [0.25, 0.3) is 0 Å². The quantitative estimate of drug-likeness (QED) is 0.0709. The van der Waals surface area contributed by atoms with E-state index in [1.54, 1.807) is 0 Å². The average molecular weight is 945 g/mol. The first-order chi connectivity index (χ1) is 36.2. The number of rotatable bonds is 19. The SMILES string of the molecule is CCCCCCCCc1ccc(C2(c3ccc(CCCCCCCC)cc3)c3ccccc3-c3ccc(-c4ccc5c(-c6ccccc6)c6c(c(-c7ccccc7)c5c4)-c4cccc5cccc-6c45)cc32)cc1. The molecular weight excluding hydrogens is 877 g/mol. The normalized spacial score (nSPS) is 12.8. The second-order valence-corrected chi connectivity index (χ2v) is 21.2. The summed E-state index contributed by atoms with van der Waals surface area (Å²) in [4.78, 5) is 0. The van der Waals surface area contributed by atoms with E-state index < -0.39 is 5.41 Å². The van der Waals surface area contributed by atoms with Gasteiger partial charge in [-0.15, -0.1) is 0 Å². The molecule has 0 nitrogen and oxygen atoms in total. The van der Waals surface area contributed by atoms with Crippen LogP contribution in [0.1, 0.15) is 124 Å². The molecule has 0 saturated carbocycles. The Morgan fingerprint density at radius 1 is 0.301 bits per heavy atom. The minimum Gasteiger partial charge on any atom is -0.0654 e. The molecule has 0 N–H and O–H groups in total. The van der Waals surface area contributed by atoms with Crippen molar-refractivity contribution in [2.75, 3.05) is 0 Å². The highest BCUT2D eigenvalue weighted by Crippen LogP contribution is 2.59. The molecule has 0 amide bonds. The first-order valence-corrected chi connectivity index (χ1v) is 27.9. The van der Waals surface area contributed by atoms with Crippen LogP contribution in [0.15, 0.2) is 206 Å². The Hall–Kier alpha value is -7.28. The van der Waals surface area contributed by atoms with Gasteiger partial charge in [-0.05, 0) is 160 Å². The number of aryl methyl sites for hydroxylation is 2. The van der Waals surface area contributed by atoms with Gasteiger partial charge in [0.1, 0.15) is 0 Å². The summed E-state index contributed by atoms with van der Waals surface area (Å²) < 4.78 is 0. The van der Waals surface area contributed by atoms with Gasteiger partial charge in [-0.2, -0.15) is 0 Å². The molecule has 2 aliphatic carbocycles. The van der Waals surface area contributed by atoms with Crippen LogP contribution in [-0.4, -0.2) is 0 Å². The molecule has 0 saturated heterocycles. The average Bonchev–Trinajstić information content (AvgIpc) is 3.94. The van der Waals surface area contributed by atoms with Crippen LogP contribution in [0.3, 0.4) is 0 Å². The molecule has 0 unspecified atom stereocenters. The molecule has 73 heavy (non-hydrogen) atoms. The molecule has 2 aliphatic rings. The van der Waals surface area contributed by atoms with Crippen molar-refractivity contribution in [3.63, 3.8) is 0 Å². The third kappa shape index (κ3) is 8.44. The summed E-state index contributed by atoms with van der Waals surface area (Å²) in [6.07, 6.45) is 18.0. The first-order valence-electron chi connectivity index (χ1n) is 27.9. The minimum atomic E-state index is -0.489. The lowest BCUT2D eigenvalue weighted by molar-refractivity contribution is 0.607. The van der Waals surface area contributed by atoms with E-state index in [9.17, 15) is 0 Å². The first kappa shape index (κ1) is 46.8. The number of benzene rings is 10. The van der Waals surface area contributed by atoms with Crippen molar-refractivity contribution in [1.82, 2.24) is 0 Å². The maximum Gasteiger partial charge on any atom is 0.0713 e. The smallest absolute Gasteiger partial charge is 0.0654 e. The summed E-state index contributed by atoms with van der Waals surface area (Å²) in [5, 5.41) is 5.20. The van der Waals surface area contributed by atoms with Crippen LogP contribution in [-0.2, 0) is 18.3 Å². The van der Waals surface area contributed by atoms with Gasteiger partial charge in [-0.25, -0.2) is 0 Å². The van der Waals surface area contributed by atoms with Crippen LogP contribution in [0, 0.1) is 0 Å². The fourth-order valence-corrected chi connectivity index (χ4v) is 13.1. The molecule has 0 atom stereocenters. The van der Waals surface area contributed by atoms with Gasteiger partial charge in [0.2, 0.25) is 0 Å². The lowest BCUT2D eigenvalue weighted by atomic mass is 9.67. The number of hydrogen-bond donors (Lipinski definition) is 0. The molecular formula is C73H68. The second-order valence-electron chi connectivity index (χ2n) is 21.2. The number of fused-ring (bicyclic) bond motifs is 7. The molecule has 0 aliphatic heterocycles. The molecule has 0 radical (unpaired) electrons. The summed E-state index contributed by atoms with van der Waals surface area (Å²) in [6, 6.07) is 79.7. The van der Waals surface area contributed by atoms with E-state index in [2.05, 4.69) is 220 Å². The highest BCUT2D eigenvalue weighted by Gasteiger charge is 2.46. The van der Waals surface area contributed by atoms with E-state index in [1.807, 2.05) is 0 Å². The van der Waals surface area contributed by atoms with Crippen LogP contribution >= 0.6 is 0 Å². The van der Waals surface area contributed by atoms with Crippen molar-refractivity contribution in [1.29, 1.82) is 0 Å². The Labute approximate surface area is 434 Å². The standard InChI is InChI=1S/C73H68/c1-3-5-7-9-11-15-25-51-37-43-58(44-38-51)73(59-45-39-52(40-46-59)26-16-12-10-8-6-4-2)66-36-22-21-33-60(66)61-47-41-57(50-67(61)73)56-42-48-62-65(49-56)70(55-29-19-14-20-30-55)72-64-35-24-32-53-31-23-34-63(68(53)64)71(72)69(62)54-27-17-13-18-28-54/h13-14,17-24,27-50H,3-12,15-16,25-26H2,1-2H3. The zero-order valence-corrected chi connectivity index (χ0v) is 43.0. The Balaban J connectivity index is 1.03. The summed E-state index contributed by atoms with van der Waals surface area (Å²) in [5.74, 6) is 0. The summed E-state index contributed by atoms with van der Waals surface area (Å²) in [5.41, 5.74) is 23.4. The topological polar surface area (TPSA) is 0 Å². The monoisotopic (exact) mass is 945 g/mol. The predicted octanol–water partition coefficient (Wildman–Crippen LogP) is 20.8. The minimum absolute atomic E-state index is 0.489. The second kappa shape index (κ2) is 20.7. The molecule has 0 spiro atoms. The number of unbranched alkanes of at least 4 members (excludes halogenated alkanes) is 10. The van der Waals surface area contributed by atoms with E-state index >= 15 is 0 Å². The molecule has 10 aromatic rings. The van der Waals surface area contributed by atoms with Gasteiger partial charge in [-0.3, -0.25) is 0 Å². The molecule has 0 bridgehead atoms. The van der Waals surface area contributed by atoms with E-state index in [0.29, 0.717) is 0 Å². The van der Waals surface area contributed by atoms with Crippen LogP contribution in [0.5, 0.6) is 0 Å². The van der Waals surface area contributed by atoms with Crippen molar-refractivity contribution in [3.8, 4) is 66.8 Å². The van der Waals surface area contributed by atoms with Crippen molar-refractivity contribution < 1.29 is 0 Å². The van der Waals surface area contributed by atoms with Crippen LogP contribution in [0.25, 0.3) is 88.3 Å². The fraction of sp³-hybridized carbons (Fsp3) is 0.233. The van der Waals surface area contributed by atoms with Crippen LogP contribution in [0.4, 0.5) is 0 Å². The van der Waals surface area contributed by atoms with Gasteiger partial charge in [0, 0.05) is 0 Å². The predicted molar refractivity (Wildman–Crippen MR) is 314 cm³/mol. The molecule has 0 heteroatoms. The van der Waals surface area contributed by atoms with Gasteiger partial charge in [-0.1, -0.05) is 272 Å². The van der Waals surface area contributed by atoms with Gasteiger partial charge in [0.15, 0.2) is 0 Å². The molecule has 12 rings (SSSR count). The summed E-state index contributed by atoms with van der Waals surface area (Å²) in [7, 11) is 0. The van der Waals surface area contributed by atoms with Crippen LogP contribution < -0.4 is 0 Å². The Bertz CT molecular complexity index is 3490. The zero-order valence-electron chi connectivity index (χ0n) is 43.0. The molecule has 0 fully saturated rings. The van der Waals surface area contributed by atoms with Gasteiger partial charge in [0.05, 0.1) is 5.41 Å². The highest BCUT2D eigenvalue weighted by molar-refractivity contribution is 6.27. The maximum atomic E-state index is 2.56. The molecule has 360 valence electrons. The summed E-state index contributed by atoms with van der Waals surface area (Å²) in [6.45, 7) is 4.61. The van der Waals surface area contributed by atoms with Gasteiger partial charge < -0.3 is 0 Å². The van der Waals surface area contributed by atoms with E-state index in [4.69, 9.17) is 0 Å². The lowest BCUT2D eigenvalue weighted by Crippen LogP contribution is -2.28. The van der Waals surface area contributed by atoms with Crippen LogP contribution in [0.2, 0.25) is 0 Å². The fourth-order valence-electron chi connectivity index (χ4n) is 13.1. The Morgan fingerprint density at radius 2 is 0.767 bits per heavy atom. The third-order valence-corrected chi connectivity index (χ3v) is 16.7. The van der Waals surface area contributed by atoms with E-state index in [1.165, 1.54) is 199 Å². The van der Waals surface area contributed by atoms with E-state index in [0.717, 1.165) is 12.8 Å². The van der Waals surface area contributed by atoms with Crippen molar-refractivity contribution in [2.24, 2.45) is 0 Å². The zero-order chi connectivity index (χ0) is 49.1. The molecule has 0 heterocycles. The van der Waals surface area contributed by atoms with Crippen molar-refractivity contribution >= 4 is 21.5 Å².